The van der Waals surface area contributed by atoms with Crippen molar-refractivity contribution in [2.75, 3.05) is 0 Å². The molecule has 24 heavy (non-hydrogen) atoms. The van der Waals surface area contributed by atoms with E-state index < -0.39 is 0 Å². The molecule has 0 aliphatic rings. The van der Waals surface area contributed by atoms with Gasteiger partial charge in [0.15, 0.2) is 0 Å². The standard InChI is InChI=1S/C6H7BN.C5H5BNO.CH4.2CH3.2HI.V.2Y/c1-7-6-2-4-8-5-3-6;8-6-5-1-3-7-4-2-5;;;;;;;;/h2-5H,1H3;1-4,8H;1H4;2*1H3;2*1H;;;/q;;;2*-1;;;+2;;/p-2. The second-order valence-corrected chi connectivity index (χ2v) is 14.8. The molecule has 0 bridgehead atoms. The van der Waals surface area contributed by atoms with Gasteiger partial charge in [-0.05, 0) is 12.1 Å². The Morgan fingerprint density at radius 2 is 1.17 bits per heavy atom. The number of hydrogen-bond donors (Lipinski definition) is 1. The quantitative estimate of drug-likeness (QED) is 0.293. The van der Waals surface area contributed by atoms with Gasteiger partial charge < -0.3 is 19.9 Å². The van der Waals surface area contributed by atoms with Crippen molar-refractivity contribution in [3.05, 3.63) is 63.9 Å². The van der Waals surface area contributed by atoms with Crippen LogP contribution in [-0.2, 0) is 74.9 Å². The third-order valence-corrected chi connectivity index (χ3v) is 1.89. The molecule has 127 valence electrons. The fourth-order valence-corrected chi connectivity index (χ4v) is 1.01. The van der Waals surface area contributed by atoms with Gasteiger partial charge >= 0.3 is 56.9 Å². The topological polar surface area (TPSA) is 46.0 Å². The van der Waals surface area contributed by atoms with Crippen LogP contribution in [0.25, 0.3) is 0 Å². The van der Waals surface area contributed by atoms with Crippen molar-refractivity contribution >= 4 is 65.6 Å². The monoisotopic (exact) mass is 739 g/mol. The van der Waals surface area contributed by atoms with Crippen LogP contribution in [0, 0.1) is 14.9 Å². The van der Waals surface area contributed by atoms with Gasteiger partial charge in [0, 0.05) is 90.2 Å². The van der Waals surface area contributed by atoms with Gasteiger partial charge in [-0.2, -0.15) is 0 Å². The molecule has 2 aromatic heterocycles. The molecule has 0 amide bonds. The first kappa shape index (κ1) is 41.1. The van der Waals surface area contributed by atoms with Crippen LogP contribution in [0.4, 0.5) is 0 Å². The van der Waals surface area contributed by atoms with E-state index in [1.165, 1.54) is 5.46 Å². The van der Waals surface area contributed by atoms with Crippen LogP contribution in [0.3, 0.4) is 0 Å². The van der Waals surface area contributed by atoms with Crippen molar-refractivity contribution in [1.29, 1.82) is 0 Å². The first-order valence-corrected chi connectivity index (χ1v) is 14.3. The van der Waals surface area contributed by atoms with Gasteiger partial charge in [0.2, 0.25) is 0 Å². The summed E-state index contributed by atoms with van der Waals surface area (Å²) in [6.07, 6.45) is 6.83. The van der Waals surface area contributed by atoms with Crippen LogP contribution >= 0.6 is 40.0 Å². The Labute approximate surface area is 229 Å². The van der Waals surface area contributed by atoms with Crippen LogP contribution in [0.5, 0.6) is 0 Å². The molecule has 0 fully saturated rings. The maximum atomic E-state index is 8.38. The fraction of sp³-hybridized carbons (Fsp3) is 0.143. The van der Waals surface area contributed by atoms with E-state index in [9.17, 15) is 0 Å². The molecule has 2 aromatic rings. The maximum absolute atomic E-state index is 8.38. The Morgan fingerprint density at radius 3 is 1.33 bits per heavy atom. The van der Waals surface area contributed by atoms with E-state index in [2.05, 4.69) is 49.9 Å². The van der Waals surface area contributed by atoms with Crippen molar-refractivity contribution in [2.24, 2.45) is 0 Å². The van der Waals surface area contributed by atoms with E-state index in [1.807, 2.05) is 26.2 Å². The molecule has 2 rings (SSSR count). The average Bonchev–Trinajstić information content (AvgIpc) is 2.50. The van der Waals surface area contributed by atoms with Gasteiger partial charge in [0.05, 0.1) is 0 Å². The largest absolute Gasteiger partial charge is 0 e. The van der Waals surface area contributed by atoms with Gasteiger partial charge in [-0.3, -0.25) is 9.97 Å². The van der Waals surface area contributed by atoms with Gasteiger partial charge in [0.25, 0.3) is 0 Å². The summed E-state index contributed by atoms with van der Waals surface area (Å²) < 4.78 is 0. The summed E-state index contributed by atoms with van der Waals surface area (Å²) in [5.74, 6) is 0. The Bertz CT molecular complexity index is 385. The number of rotatable bonds is 2. The second-order valence-electron chi connectivity index (χ2n) is 3.04. The summed E-state index contributed by atoms with van der Waals surface area (Å²) in [6.45, 7) is 2.01. The normalized spacial score (nSPS) is 6.33. The van der Waals surface area contributed by atoms with Gasteiger partial charge in [-0.1, -0.05) is 37.3 Å². The first-order valence-electron chi connectivity index (χ1n) is 5.27. The molecule has 3 nitrogen and oxygen atoms in total. The number of halogens is 2. The third kappa shape index (κ3) is 26.9. The van der Waals surface area contributed by atoms with Crippen LogP contribution in [0.1, 0.15) is 7.43 Å². The zero-order valence-corrected chi connectivity index (χ0v) is 24.9. The molecule has 0 aliphatic carbocycles. The molecule has 0 aliphatic heterocycles. The van der Waals surface area contributed by atoms with Crippen molar-refractivity contribution in [2.45, 2.75) is 14.2 Å². The van der Waals surface area contributed by atoms with Crippen LogP contribution in [0.2, 0.25) is 6.82 Å². The fourth-order valence-electron chi connectivity index (χ4n) is 1.01. The number of hydrogen-bond acceptors (Lipinski definition) is 3. The van der Waals surface area contributed by atoms with E-state index in [1.54, 1.807) is 36.9 Å². The summed E-state index contributed by atoms with van der Waals surface area (Å²) in [4.78, 5) is 7.64. The molecular formula is C14H22B2I2N2OVY2-2. The van der Waals surface area contributed by atoms with Gasteiger partial charge in [-0.15, -0.1) is 0 Å². The van der Waals surface area contributed by atoms with Crippen molar-refractivity contribution in [3.63, 3.8) is 0 Å². The predicted octanol–water partition coefficient (Wildman–Crippen LogP) is 3.08. The molecule has 2 heterocycles. The Morgan fingerprint density at radius 1 is 0.875 bits per heavy atom. The molecule has 0 aromatic carbocycles. The van der Waals surface area contributed by atoms with Gasteiger partial charge in [0.1, 0.15) is 7.28 Å². The predicted molar refractivity (Wildman–Crippen MR) is 115 cm³/mol. The molecular weight excluding hydrogens is 716 g/mol. The Kier molecular flexibility index (Phi) is 56.9. The van der Waals surface area contributed by atoms with E-state index >= 15 is 0 Å². The number of nitrogens with zero attached hydrogens (tertiary/aromatic N) is 2. The molecule has 0 atom stereocenters. The number of pyridine rings is 2. The summed E-state index contributed by atoms with van der Waals surface area (Å²) >= 11 is 4.74. The van der Waals surface area contributed by atoms with E-state index in [0.29, 0.717) is 9.47 Å². The van der Waals surface area contributed by atoms with Crippen molar-refractivity contribution in [1.82, 2.24) is 9.97 Å². The maximum Gasteiger partial charge on any atom is 0 e. The minimum Gasteiger partial charge on any atom is 0 e. The SMILES string of the molecule is C.C[B]c1ccncc1.O[B]c1ccncc1.[CH3-].[CH3-].[I][V][I].[Y].[Y]. The molecule has 0 unspecified atom stereocenters. The summed E-state index contributed by atoms with van der Waals surface area (Å²) in [5.41, 5.74) is 2.00. The van der Waals surface area contributed by atoms with Crippen LogP contribution in [0.15, 0.2) is 49.1 Å². The first-order chi connectivity index (χ1) is 9.28. The Hall–Kier alpha value is 2.64. The molecule has 0 saturated heterocycles. The molecule has 0 saturated carbocycles. The molecule has 4 radical (unpaired) electrons. The summed E-state index contributed by atoms with van der Waals surface area (Å²) in [6, 6.07) is 7.39. The zero-order valence-electron chi connectivity index (χ0n) is 13.5. The number of aromatic nitrogens is 2. The van der Waals surface area contributed by atoms with E-state index in [-0.39, 0.29) is 87.7 Å². The van der Waals surface area contributed by atoms with Crippen LogP contribution in [-0.4, -0.2) is 29.8 Å². The summed E-state index contributed by atoms with van der Waals surface area (Å²) in [7, 11) is 3.71. The second kappa shape index (κ2) is 33.2. The zero-order chi connectivity index (χ0) is 14.3. The molecule has 0 spiro atoms. The van der Waals surface area contributed by atoms with E-state index in [0.717, 1.165) is 12.9 Å². The minimum atomic E-state index is 0. The van der Waals surface area contributed by atoms with Crippen molar-refractivity contribution in [3.8, 4) is 0 Å². The Balaban J connectivity index is -0.0000000493. The van der Waals surface area contributed by atoms with Gasteiger partial charge in [-0.25, -0.2) is 0 Å². The third-order valence-electron chi connectivity index (χ3n) is 1.89. The van der Waals surface area contributed by atoms with Crippen LogP contribution < -0.4 is 10.9 Å². The summed E-state index contributed by atoms with van der Waals surface area (Å²) in [5, 5.41) is 8.38. The molecule has 1 N–H and O–H groups in total. The van der Waals surface area contributed by atoms with E-state index in [4.69, 9.17) is 5.02 Å². The van der Waals surface area contributed by atoms with Crippen molar-refractivity contribution < 1.29 is 79.9 Å². The smallest absolute Gasteiger partial charge is 0 e. The minimum absolute atomic E-state index is 0. The average molecular weight is 739 g/mol. The molecule has 10 heteroatoms.